The maximum atomic E-state index is 4.27. The molecule has 0 saturated heterocycles. The largest absolute Gasteiger partial charge is 0.356 e. The fraction of sp³-hybridized carbons (Fsp3) is 0.667. The Labute approximate surface area is 134 Å². The summed E-state index contributed by atoms with van der Waals surface area (Å²) >= 11 is 0. The Hall–Kier alpha value is -1.58. The zero-order chi connectivity index (χ0) is 15.5. The van der Waals surface area contributed by atoms with Gasteiger partial charge < -0.3 is 10.6 Å². The van der Waals surface area contributed by atoms with Crippen molar-refractivity contribution in [3.8, 4) is 0 Å². The number of hydrogen-bond donors (Lipinski definition) is 2. The molecule has 1 saturated carbocycles. The Morgan fingerprint density at radius 2 is 2.05 bits per heavy atom. The van der Waals surface area contributed by atoms with Crippen LogP contribution in [0.15, 0.2) is 29.5 Å². The Kier molecular flexibility index (Phi) is 7.78. The molecular formula is C18H30N4. The minimum atomic E-state index is 0.882. The van der Waals surface area contributed by atoms with Crippen LogP contribution in [0.4, 0.5) is 0 Å². The van der Waals surface area contributed by atoms with Crippen LogP contribution in [0.5, 0.6) is 0 Å². The second-order valence-electron chi connectivity index (χ2n) is 6.18. The second kappa shape index (κ2) is 10.2. The molecule has 4 heteroatoms. The number of hydrogen-bond acceptors (Lipinski definition) is 2. The fourth-order valence-corrected chi connectivity index (χ4v) is 3.16. The van der Waals surface area contributed by atoms with E-state index in [9.17, 15) is 0 Å². The van der Waals surface area contributed by atoms with Crippen molar-refractivity contribution in [2.24, 2.45) is 10.9 Å². The first-order valence-electron chi connectivity index (χ1n) is 8.72. The van der Waals surface area contributed by atoms with Gasteiger partial charge in [-0.15, -0.1) is 0 Å². The minimum absolute atomic E-state index is 0.882. The van der Waals surface area contributed by atoms with Gasteiger partial charge >= 0.3 is 0 Å². The van der Waals surface area contributed by atoms with E-state index >= 15 is 0 Å². The molecule has 4 nitrogen and oxygen atoms in total. The third-order valence-corrected chi connectivity index (χ3v) is 4.46. The van der Waals surface area contributed by atoms with E-state index in [-0.39, 0.29) is 0 Å². The van der Waals surface area contributed by atoms with Crippen molar-refractivity contribution < 1.29 is 0 Å². The number of rotatable bonds is 8. The van der Waals surface area contributed by atoms with E-state index in [1.54, 1.807) is 0 Å². The highest BCUT2D eigenvalue weighted by Gasteiger charge is 2.13. The third kappa shape index (κ3) is 6.46. The monoisotopic (exact) mass is 302 g/mol. The zero-order valence-corrected chi connectivity index (χ0v) is 13.9. The quantitative estimate of drug-likeness (QED) is 0.440. The van der Waals surface area contributed by atoms with Crippen LogP contribution in [0.3, 0.4) is 0 Å². The number of aliphatic imine (C=N–C) groups is 1. The Morgan fingerprint density at radius 3 is 2.77 bits per heavy atom. The first-order valence-corrected chi connectivity index (χ1v) is 8.72. The first kappa shape index (κ1) is 16.8. The van der Waals surface area contributed by atoms with Crippen molar-refractivity contribution in [1.82, 2.24) is 15.6 Å². The molecule has 0 bridgehead atoms. The van der Waals surface area contributed by atoms with E-state index in [1.807, 2.05) is 25.5 Å². The van der Waals surface area contributed by atoms with Crippen LogP contribution in [0.2, 0.25) is 0 Å². The number of unbranched alkanes of at least 4 members (excludes halogenated alkanes) is 1. The van der Waals surface area contributed by atoms with E-state index in [0.29, 0.717) is 0 Å². The van der Waals surface area contributed by atoms with Crippen molar-refractivity contribution >= 4 is 5.96 Å². The van der Waals surface area contributed by atoms with Crippen molar-refractivity contribution in [2.75, 3.05) is 20.1 Å². The maximum Gasteiger partial charge on any atom is 0.190 e. The van der Waals surface area contributed by atoms with E-state index < -0.39 is 0 Å². The number of guanidine groups is 1. The maximum absolute atomic E-state index is 4.27. The molecule has 0 radical (unpaired) electrons. The molecule has 2 N–H and O–H groups in total. The van der Waals surface area contributed by atoms with Gasteiger partial charge in [0.05, 0.1) is 0 Å². The van der Waals surface area contributed by atoms with Gasteiger partial charge in [-0.1, -0.05) is 44.6 Å². The summed E-state index contributed by atoms with van der Waals surface area (Å²) in [5, 5.41) is 6.77. The van der Waals surface area contributed by atoms with E-state index in [4.69, 9.17) is 0 Å². The summed E-state index contributed by atoms with van der Waals surface area (Å²) in [5.41, 5.74) is 1.25. The summed E-state index contributed by atoms with van der Waals surface area (Å²) in [4.78, 5) is 8.40. The van der Waals surface area contributed by atoms with Gasteiger partial charge in [-0.05, 0) is 30.4 Å². The number of pyridine rings is 1. The normalized spacial score (nSPS) is 16.0. The summed E-state index contributed by atoms with van der Waals surface area (Å²) in [6.07, 6.45) is 14.5. The van der Waals surface area contributed by atoms with Crippen molar-refractivity contribution in [3.63, 3.8) is 0 Å². The molecule has 0 unspecified atom stereocenters. The van der Waals surface area contributed by atoms with Crippen LogP contribution < -0.4 is 10.6 Å². The van der Waals surface area contributed by atoms with Crippen LogP contribution in [0.1, 0.15) is 50.5 Å². The topological polar surface area (TPSA) is 49.3 Å². The molecule has 1 fully saturated rings. The molecule has 1 aromatic heterocycles. The second-order valence-corrected chi connectivity index (χ2v) is 6.18. The molecule has 0 aliphatic heterocycles. The van der Waals surface area contributed by atoms with Crippen molar-refractivity contribution in [2.45, 2.75) is 51.4 Å². The Morgan fingerprint density at radius 1 is 1.23 bits per heavy atom. The molecule has 22 heavy (non-hydrogen) atoms. The summed E-state index contributed by atoms with van der Waals surface area (Å²) in [5.74, 6) is 1.92. The van der Waals surface area contributed by atoms with Crippen LogP contribution in [0, 0.1) is 5.92 Å². The Bertz CT molecular complexity index is 424. The number of nitrogens with one attached hydrogen (secondary N) is 2. The lowest BCUT2D eigenvalue weighted by atomic mass is 10.0. The molecule has 122 valence electrons. The van der Waals surface area contributed by atoms with Crippen LogP contribution in [-0.2, 0) is 6.42 Å². The van der Waals surface area contributed by atoms with Gasteiger partial charge in [-0.25, -0.2) is 0 Å². The first-order chi connectivity index (χ1) is 10.9. The molecule has 1 aliphatic rings. The summed E-state index contributed by atoms with van der Waals surface area (Å²) in [6.45, 7) is 1.90. The lowest BCUT2D eigenvalue weighted by molar-refractivity contribution is 0.472. The Balaban J connectivity index is 1.51. The zero-order valence-electron chi connectivity index (χ0n) is 13.9. The van der Waals surface area contributed by atoms with Crippen LogP contribution in [-0.4, -0.2) is 31.1 Å². The van der Waals surface area contributed by atoms with Gasteiger partial charge in [-0.2, -0.15) is 0 Å². The summed E-state index contributed by atoms with van der Waals surface area (Å²) in [7, 11) is 1.83. The highest BCUT2D eigenvalue weighted by atomic mass is 15.2. The SMILES string of the molecule is CN=C(NCCCCC1CCCC1)NCCc1cccnc1. The standard InChI is InChI=1S/C18H30N4/c1-19-18(22-14-11-17-10-6-12-20-15-17)21-13-5-4-9-16-7-2-3-8-16/h6,10,12,15-16H,2-5,7-9,11,13-14H2,1H3,(H2,19,21,22). The number of nitrogens with zero attached hydrogens (tertiary/aromatic N) is 2. The average molecular weight is 302 g/mol. The highest BCUT2D eigenvalue weighted by Crippen LogP contribution is 2.28. The van der Waals surface area contributed by atoms with Gasteiger partial charge in [0.2, 0.25) is 0 Å². The fourth-order valence-electron chi connectivity index (χ4n) is 3.16. The number of aromatic nitrogens is 1. The summed E-state index contributed by atoms with van der Waals surface area (Å²) in [6, 6.07) is 4.08. The molecule has 0 atom stereocenters. The lowest BCUT2D eigenvalue weighted by Crippen LogP contribution is -2.38. The van der Waals surface area contributed by atoms with Crippen molar-refractivity contribution in [3.05, 3.63) is 30.1 Å². The molecule has 0 spiro atoms. The minimum Gasteiger partial charge on any atom is -0.356 e. The molecule has 0 amide bonds. The van der Waals surface area contributed by atoms with Gasteiger partial charge in [-0.3, -0.25) is 9.98 Å². The predicted molar refractivity (Wildman–Crippen MR) is 93.1 cm³/mol. The smallest absolute Gasteiger partial charge is 0.190 e. The highest BCUT2D eigenvalue weighted by molar-refractivity contribution is 5.79. The van der Waals surface area contributed by atoms with Crippen LogP contribution in [0.25, 0.3) is 0 Å². The molecule has 0 aromatic carbocycles. The van der Waals surface area contributed by atoms with Crippen molar-refractivity contribution in [1.29, 1.82) is 0 Å². The predicted octanol–water partition coefficient (Wildman–Crippen LogP) is 3.15. The molecule has 1 heterocycles. The third-order valence-electron chi connectivity index (χ3n) is 4.46. The molecule has 1 aromatic rings. The average Bonchev–Trinajstić information content (AvgIpc) is 3.07. The molecule has 2 rings (SSSR count). The van der Waals surface area contributed by atoms with Crippen LogP contribution >= 0.6 is 0 Å². The van der Waals surface area contributed by atoms with E-state index in [0.717, 1.165) is 31.4 Å². The van der Waals surface area contributed by atoms with Gasteiger partial charge in [0.1, 0.15) is 0 Å². The lowest BCUT2D eigenvalue weighted by Gasteiger charge is -2.12. The molecule has 1 aliphatic carbocycles. The van der Waals surface area contributed by atoms with Gasteiger partial charge in [0.25, 0.3) is 0 Å². The summed E-state index contributed by atoms with van der Waals surface area (Å²) < 4.78 is 0. The molecular weight excluding hydrogens is 272 g/mol. The van der Waals surface area contributed by atoms with E-state index in [2.05, 4.69) is 26.7 Å². The van der Waals surface area contributed by atoms with Gasteiger partial charge in [0, 0.05) is 32.5 Å². The van der Waals surface area contributed by atoms with E-state index in [1.165, 1.54) is 50.5 Å². The van der Waals surface area contributed by atoms with Gasteiger partial charge in [0.15, 0.2) is 5.96 Å².